The first kappa shape index (κ1) is 13.2. The first-order valence-electron chi connectivity index (χ1n) is 8.05. The molecule has 0 radical (unpaired) electrons. The maximum Gasteiger partial charge on any atom is 0.0351 e. The first-order valence-corrected chi connectivity index (χ1v) is 8.05. The predicted octanol–water partition coefficient (Wildman–Crippen LogP) is 4.61. The van der Waals surface area contributed by atoms with Gasteiger partial charge in [0.05, 0.1) is 0 Å². The minimum Gasteiger partial charge on any atom is -0.307 e. The zero-order valence-corrected chi connectivity index (χ0v) is 12.4. The maximum absolute atomic E-state index is 3.97. The highest BCUT2D eigenvalue weighted by Gasteiger charge is 2.34. The third-order valence-corrected chi connectivity index (χ3v) is 4.96. The van der Waals surface area contributed by atoms with Gasteiger partial charge in [0.1, 0.15) is 0 Å². The minimum atomic E-state index is 0.610. The van der Waals surface area contributed by atoms with Gasteiger partial charge in [0.15, 0.2) is 0 Å². The Labute approximate surface area is 117 Å². The van der Waals surface area contributed by atoms with E-state index in [9.17, 15) is 0 Å². The number of benzene rings is 1. The van der Waals surface area contributed by atoms with E-state index in [4.69, 9.17) is 0 Å². The quantitative estimate of drug-likeness (QED) is 0.830. The number of hydrogen-bond donors (Lipinski definition) is 1. The molecule has 0 spiro atoms. The van der Waals surface area contributed by atoms with Gasteiger partial charge in [-0.3, -0.25) is 0 Å². The molecular formula is C18H27N. The smallest absolute Gasteiger partial charge is 0.0351 e. The molecule has 3 rings (SSSR count). The zero-order chi connectivity index (χ0) is 13.2. The van der Waals surface area contributed by atoms with E-state index < -0.39 is 0 Å². The Bertz CT molecular complexity index is 396. The molecule has 2 aliphatic rings. The normalized spacial score (nSPS) is 29.2. The molecule has 0 aliphatic heterocycles. The van der Waals surface area contributed by atoms with Crippen LogP contribution in [-0.2, 0) is 0 Å². The Morgan fingerprint density at radius 3 is 2.16 bits per heavy atom. The summed E-state index contributed by atoms with van der Waals surface area (Å²) in [6, 6.07) is 10.5. The van der Waals surface area contributed by atoms with Crippen LogP contribution in [0.3, 0.4) is 0 Å². The second-order valence-electron chi connectivity index (χ2n) is 6.85. The minimum absolute atomic E-state index is 0.610. The van der Waals surface area contributed by atoms with Crippen LogP contribution in [0.4, 0.5) is 0 Å². The van der Waals surface area contributed by atoms with E-state index in [0.29, 0.717) is 6.04 Å². The van der Waals surface area contributed by atoms with E-state index in [0.717, 1.165) is 17.9 Å². The molecule has 1 aromatic rings. The van der Waals surface area contributed by atoms with Gasteiger partial charge < -0.3 is 5.32 Å². The average molecular weight is 257 g/mol. The molecule has 19 heavy (non-hydrogen) atoms. The summed E-state index contributed by atoms with van der Waals surface area (Å²) in [6.45, 7) is 4.57. The standard InChI is InChI=1S/C18H27N/c1-13-3-7-15(8-4-13)18(16-9-10-16)19-17-11-5-14(2)6-12-17/h3-4,7-8,14,16-19H,5-6,9-12H2,1-2H3. The third-order valence-electron chi connectivity index (χ3n) is 4.96. The van der Waals surface area contributed by atoms with Crippen LogP contribution in [0, 0.1) is 18.8 Å². The van der Waals surface area contributed by atoms with E-state index in [2.05, 4.69) is 43.4 Å². The number of aryl methyl sites for hydroxylation is 1. The van der Waals surface area contributed by atoms with Crippen LogP contribution in [-0.4, -0.2) is 6.04 Å². The Morgan fingerprint density at radius 2 is 1.58 bits per heavy atom. The Hall–Kier alpha value is -0.820. The van der Waals surface area contributed by atoms with E-state index in [1.165, 1.54) is 49.7 Å². The highest BCUT2D eigenvalue weighted by atomic mass is 15.0. The largest absolute Gasteiger partial charge is 0.307 e. The second-order valence-corrected chi connectivity index (χ2v) is 6.85. The molecule has 1 atom stereocenters. The molecule has 1 heteroatoms. The summed E-state index contributed by atoms with van der Waals surface area (Å²) in [4.78, 5) is 0. The summed E-state index contributed by atoms with van der Waals surface area (Å²) in [5.74, 6) is 1.83. The molecule has 0 amide bonds. The van der Waals surface area contributed by atoms with Gasteiger partial charge in [-0.2, -0.15) is 0 Å². The van der Waals surface area contributed by atoms with Crippen LogP contribution in [0.5, 0.6) is 0 Å². The van der Waals surface area contributed by atoms with Gasteiger partial charge in [-0.15, -0.1) is 0 Å². The SMILES string of the molecule is Cc1ccc(C(NC2CCC(C)CC2)C2CC2)cc1. The summed E-state index contributed by atoms with van der Waals surface area (Å²) in [6.07, 6.45) is 8.38. The lowest BCUT2D eigenvalue weighted by Crippen LogP contribution is -2.36. The van der Waals surface area contributed by atoms with Gasteiger partial charge in [-0.05, 0) is 62.8 Å². The second kappa shape index (κ2) is 5.66. The summed E-state index contributed by atoms with van der Waals surface area (Å²) < 4.78 is 0. The van der Waals surface area contributed by atoms with E-state index in [1.807, 2.05) is 0 Å². The molecule has 0 saturated heterocycles. The van der Waals surface area contributed by atoms with Crippen LogP contribution in [0.1, 0.15) is 62.6 Å². The molecule has 2 fully saturated rings. The van der Waals surface area contributed by atoms with Crippen molar-refractivity contribution in [1.82, 2.24) is 5.32 Å². The summed E-state index contributed by atoms with van der Waals surface area (Å²) in [7, 11) is 0. The van der Waals surface area contributed by atoms with Crippen molar-refractivity contribution in [1.29, 1.82) is 0 Å². The first-order chi connectivity index (χ1) is 9.22. The monoisotopic (exact) mass is 257 g/mol. The topological polar surface area (TPSA) is 12.0 Å². The van der Waals surface area contributed by atoms with Crippen LogP contribution in [0.2, 0.25) is 0 Å². The van der Waals surface area contributed by atoms with Gasteiger partial charge in [0.25, 0.3) is 0 Å². The Morgan fingerprint density at radius 1 is 0.947 bits per heavy atom. The molecule has 2 aliphatic carbocycles. The van der Waals surface area contributed by atoms with Crippen molar-refractivity contribution in [2.24, 2.45) is 11.8 Å². The zero-order valence-electron chi connectivity index (χ0n) is 12.4. The fourth-order valence-corrected chi connectivity index (χ4v) is 3.39. The average Bonchev–Trinajstić information content (AvgIpc) is 3.24. The van der Waals surface area contributed by atoms with Crippen LogP contribution in [0.25, 0.3) is 0 Å². The van der Waals surface area contributed by atoms with Gasteiger partial charge in [0, 0.05) is 12.1 Å². The van der Waals surface area contributed by atoms with Gasteiger partial charge in [0.2, 0.25) is 0 Å². The maximum atomic E-state index is 3.97. The molecule has 104 valence electrons. The Kier molecular flexibility index (Phi) is 3.93. The lowest BCUT2D eigenvalue weighted by molar-refractivity contribution is 0.278. The molecule has 1 N–H and O–H groups in total. The fraction of sp³-hybridized carbons (Fsp3) is 0.667. The van der Waals surface area contributed by atoms with Crippen LogP contribution >= 0.6 is 0 Å². The van der Waals surface area contributed by atoms with Crippen molar-refractivity contribution in [3.63, 3.8) is 0 Å². The number of rotatable bonds is 4. The molecule has 1 nitrogen and oxygen atoms in total. The highest BCUT2D eigenvalue weighted by molar-refractivity contribution is 5.25. The number of nitrogens with one attached hydrogen (secondary N) is 1. The molecule has 2 saturated carbocycles. The fourth-order valence-electron chi connectivity index (χ4n) is 3.39. The summed E-state index contributed by atoms with van der Waals surface area (Å²) >= 11 is 0. The molecule has 1 unspecified atom stereocenters. The van der Waals surface area contributed by atoms with Crippen LogP contribution < -0.4 is 5.32 Å². The van der Waals surface area contributed by atoms with Crippen molar-refractivity contribution in [2.45, 2.75) is 64.5 Å². The molecule has 0 bridgehead atoms. The van der Waals surface area contributed by atoms with Gasteiger partial charge >= 0.3 is 0 Å². The predicted molar refractivity (Wildman–Crippen MR) is 81.2 cm³/mol. The number of hydrogen-bond acceptors (Lipinski definition) is 1. The van der Waals surface area contributed by atoms with Crippen molar-refractivity contribution < 1.29 is 0 Å². The highest BCUT2D eigenvalue weighted by Crippen LogP contribution is 2.42. The third kappa shape index (κ3) is 3.39. The summed E-state index contributed by atoms with van der Waals surface area (Å²) in [5, 5.41) is 3.97. The van der Waals surface area contributed by atoms with E-state index in [-0.39, 0.29) is 0 Å². The van der Waals surface area contributed by atoms with Crippen molar-refractivity contribution in [2.75, 3.05) is 0 Å². The lowest BCUT2D eigenvalue weighted by Gasteiger charge is -2.31. The molecule has 0 heterocycles. The molecule has 1 aromatic carbocycles. The van der Waals surface area contributed by atoms with Crippen molar-refractivity contribution in [3.8, 4) is 0 Å². The lowest BCUT2D eigenvalue weighted by atomic mass is 9.86. The van der Waals surface area contributed by atoms with Gasteiger partial charge in [-0.1, -0.05) is 36.8 Å². The molecular weight excluding hydrogens is 230 g/mol. The van der Waals surface area contributed by atoms with E-state index >= 15 is 0 Å². The summed E-state index contributed by atoms with van der Waals surface area (Å²) in [5.41, 5.74) is 2.87. The molecule has 0 aromatic heterocycles. The van der Waals surface area contributed by atoms with E-state index in [1.54, 1.807) is 0 Å². The van der Waals surface area contributed by atoms with Crippen LogP contribution in [0.15, 0.2) is 24.3 Å². The van der Waals surface area contributed by atoms with Crippen molar-refractivity contribution in [3.05, 3.63) is 35.4 Å². The Balaban J connectivity index is 1.66. The van der Waals surface area contributed by atoms with Gasteiger partial charge in [-0.25, -0.2) is 0 Å². The van der Waals surface area contributed by atoms with Crippen molar-refractivity contribution >= 4 is 0 Å².